The zero-order chi connectivity index (χ0) is 22.2. The van der Waals surface area contributed by atoms with Crippen LogP contribution in [0, 0.1) is 0 Å². The van der Waals surface area contributed by atoms with E-state index in [0.717, 1.165) is 16.0 Å². The monoisotopic (exact) mass is 425 g/mol. The van der Waals surface area contributed by atoms with Crippen LogP contribution in [0.3, 0.4) is 0 Å². The lowest BCUT2D eigenvalue weighted by atomic mass is 9.89. The summed E-state index contributed by atoms with van der Waals surface area (Å²) in [6, 6.07) is 18.8. The van der Waals surface area contributed by atoms with Crippen LogP contribution in [0.15, 0.2) is 72.8 Å². The molecule has 1 atom stereocenters. The topological polar surface area (TPSA) is 63.7 Å². The summed E-state index contributed by atoms with van der Waals surface area (Å²) in [5.41, 5.74) is 2.54. The van der Waals surface area contributed by atoms with Gasteiger partial charge in [-0.2, -0.15) is 0 Å². The smallest absolute Gasteiger partial charge is 0.266 e. The summed E-state index contributed by atoms with van der Waals surface area (Å²) >= 11 is 0. The molecule has 1 unspecified atom stereocenters. The first kappa shape index (κ1) is 20.2. The third kappa shape index (κ3) is 3.50. The van der Waals surface area contributed by atoms with E-state index >= 15 is 0 Å². The number of amides is 2. The van der Waals surface area contributed by atoms with E-state index in [4.69, 9.17) is 4.74 Å². The molecule has 5 nitrogen and oxygen atoms in total. The number of Topliss-reactive ketones (excluding diaryl/α,β-unsaturated/α-hetero) is 1. The average Bonchev–Trinajstić information content (AvgIpc) is 3.05. The normalized spacial score (nSPS) is 18.4. The molecule has 160 valence electrons. The Balaban J connectivity index is 1.33. The van der Waals surface area contributed by atoms with Gasteiger partial charge in [-0.05, 0) is 41.3 Å². The molecule has 1 saturated carbocycles. The minimum absolute atomic E-state index is 0.130. The van der Waals surface area contributed by atoms with Gasteiger partial charge in [-0.15, -0.1) is 0 Å². The van der Waals surface area contributed by atoms with Crippen LogP contribution in [0.5, 0.6) is 5.75 Å². The van der Waals surface area contributed by atoms with Crippen LogP contribution >= 0.6 is 0 Å². The third-order valence-electron chi connectivity index (χ3n) is 6.25. The zero-order valence-electron chi connectivity index (χ0n) is 17.7. The quantitative estimate of drug-likeness (QED) is 0.438. The van der Waals surface area contributed by atoms with Crippen molar-refractivity contribution in [1.82, 2.24) is 4.90 Å². The number of hydrogen-bond donors (Lipinski definition) is 0. The van der Waals surface area contributed by atoms with E-state index in [1.54, 1.807) is 18.2 Å². The SMILES string of the molecule is C=C1CCC(N2C(=O)c3cccc(OCCc4ccc5ccccc5c4)c3C2=O)C(=O)C1. The number of nitrogens with zero attached hydrogens (tertiary/aromatic N) is 1. The fourth-order valence-corrected chi connectivity index (χ4v) is 4.58. The maximum atomic E-state index is 13.2. The molecule has 0 bridgehead atoms. The van der Waals surface area contributed by atoms with Gasteiger partial charge in [-0.25, -0.2) is 0 Å². The van der Waals surface area contributed by atoms with Crippen LogP contribution in [0.25, 0.3) is 10.8 Å². The van der Waals surface area contributed by atoms with Crippen molar-refractivity contribution in [3.8, 4) is 5.75 Å². The highest BCUT2D eigenvalue weighted by Crippen LogP contribution is 2.35. The van der Waals surface area contributed by atoms with Crippen LogP contribution in [0.2, 0.25) is 0 Å². The molecule has 0 aromatic heterocycles. The first-order valence-electron chi connectivity index (χ1n) is 10.8. The van der Waals surface area contributed by atoms with Gasteiger partial charge in [-0.1, -0.05) is 60.7 Å². The van der Waals surface area contributed by atoms with Crippen molar-refractivity contribution in [3.63, 3.8) is 0 Å². The van der Waals surface area contributed by atoms with Crippen molar-refractivity contribution in [2.24, 2.45) is 0 Å². The molecule has 1 heterocycles. The van der Waals surface area contributed by atoms with E-state index in [-0.39, 0.29) is 17.8 Å². The predicted molar refractivity (Wildman–Crippen MR) is 122 cm³/mol. The molecule has 5 heteroatoms. The van der Waals surface area contributed by atoms with Crippen LogP contribution < -0.4 is 4.74 Å². The van der Waals surface area contributed by atoms with E-state index in [2.05, 4.69) is 36.9 Å². The molecule has 2 aliphatic rings. The molecular weight excluding hydrogens is 402 g/mol. The Morgan fingerprint density at radius 1 is 0.938 bits per heavy atom. The van der Waals surface area contributed by atoms with Crippen molar-refractivity contribution in [2.75, 3.05) is 6.61 Å². The molecule has 5 rings (SSSR count). The number of ether oxygens (including phenoxy) is 1. The number of rotatable bonds is 5. The number of imide groups is 1. The highest BCUT2D eigenvalue weighted by atomic mass is 16.5. The van der Waals surface area contributed by atoms with Gasteiger partial charge < -0.3 is 4.74 Å². The Bertz CT molecular complexity index is 1280. The van der Waals surface area contributed by atoms with Gasteiger partial charge in [0.25, 0.3) is 11.8 Å². The number of carbonyl (C=O) groups excluding carboxylic acids is 3. The lowest BCUT2D eigenvalue weighted by Crippen LogP contribution is -2.46. The summed E-state index contributed by atoms with van der Waals surface area (Å²) in [5.74, 6) is -0.612. The first-order chi connectivity index (χ1) is 15.5. The van der Waals surface area contributed by atoms with Crippen LogP contribution in [0.4, 0.5) is 0 Å². The second-order valence-corrected chi connectivity index (χ2v) is 8.39. The lowest BCUT2D eigenvalue weighted by Gasteiger charge is -2.29. The maximum absolute atomic E-state index is 13.2. The minimum atomic E-state index is -0.724. The molecular formula is C27H23NO4. The van der Waals surface area contributed by atoms with Gasteiger partial charge >= 0.3 is 0 Å². The predicted octanol–water partition coefficient (Wildman–Crippen LogP) is 4.74. The molecule has 0 N–H and O–H groups in total. The Hall–Kier alpha value is -3.73. The second-order valence-electron chi connectivity index (χ2n) is 8.39. The van der Waals surface area contributed by atoms with Gasteiger partial charge in [0, 0.05) is 12.8 Å². The standard InChI is InChI=1S/C27H23NO4/c1-17-9-12-22(23(29)15-17)28-26(30)21-7-4-8-24(25(21)27(28)31)32-14-13-18-10-11-19-5-2-3-6-20(19)16-18/h2-8,10-11,16,22H,1,9,12-15H2. The van der Waals surface area contributed by atoms with Crippen LogP contribution in [-0.2, 0) is 11.2 Å². The van der Waals surface area contributed by atoms with E-state index < -0.39 is 17.9 Å². The Labute approximate surface area is 186 Å². The number of carbonyl (C=O) groups is 3. The fourth-order valence-electron chi connectivity index (χ4n) is 4.58. The van der Waals surface area contributed by atoms with Crippen molar-refractivity contribution in [3.05, 3.63) is 89.5 Å². The minimum Gasteiger partial charge on any atom is -0.492 e. The van der Waals surface area contributed by atoms with E-state index in [1.807, 2.05) is 12.1 Å². The fraction of sp³-hybridized carbons (Fsp3) is 0.222. The zero-order valence-corrected chi connectivity index (χ0v) is 17.7. The third-order valence-corrected chi connectivity index (χ3v) is 6.25. The maximum Gasteiger partial charge on any atom is 0.266 e. The van der Waals surface area contributed by atoms with E-state index in [9.17, 15) is 14.4 Å². The summed E-state index contributed by atoms with van der Waals surface area (Å²) in [6.07, 6.45) is 1.96. The van der Waals surface area contributed by atoms with Crippen molar-refractivity contribution in [2.45, 2.75) is 31.7 Å². The number of benzene rings is 3. The molecule has 1 aliphatic carbocycles. The largest absolute Gasteiger partial charge is 0.492 e. The molecule has 1 fully saturated rings. The van der Waals surface area contributed by atoms with Crippen molar-refractivity contribution >= 4 is 28.4 Å². The number of fused-ring (bicyclic) bond motifs is 2. The van der Waals surface area contributed by atoms with Crippen molar-refractivity contribution in [1.29, 1.82) is 0 Å². The first-order valence-corrected chi connectivity index (χ1v) is 10.8. The Morgan fingerprint density at radius 3 is 2.56 bits per heavy atom. The molecule has 1 aliphatic heterocycles. The highest BCUT2D eigenvalue weighted by Gasteiger charge is 2.45. The number of hydrogen-bond acceptors (Lipinski definition) is 4. The lowest BCUT2D eigenvalue weighted by molar-refractivity contribution is -0.123. The second kappa shape index (κ2) is 8.08. The van der Waals surface area contributed by atoms with Gasteiger partial charge in [0.15, 0.2) is 5.78 Å². The van der Waals surface area contributed by atoms with Gasteiger partial charge in [-0.3, -0.25) is 19.3 Å². The summed E-state index contributed by atoms with van der Waals surface area (Å²) in [5, 5.41) is 2.35. The summed E-state index contributed by atoms with van der Waals surface area (Å²) in [4.78, 5) is 39.8. The highest BCUT2D eigenvalue weighted by molar-refractivity contribution is 6.24. The Kier molecular flexibility index (Phi) is 5.10. The van der Waals surface area contributed by atoms with Crippen molar-refractivity contribution < 1.29 is 19.1 Å². The Morgan fingerprint density at radius 2 is 1.75 bits per heavy atom. The molecule has 3 aromatic rings. The molecule has 0 saturated heterocycles. The summed E-state index contributed by atoms with van der Waals surface area (Å²) in [7, 11) is 0. The van der Waals surface area contributed by atoms with Crippen LogP contribution in [0.1, 0.15) is 45.5 Å². The molecule has 0 spiro atoms. The summed E-state index contributed by atoms with van der Waals surface area (Å²) < 4.78 is 5.96. The number of ketones is 1. The molecule has 32 heavy (non-hydrogen) atoms. The van der Waals surface area contributed by atoms with E-state index in [1.165, 1.54) is 10.8 Å². The molecule has 2 amide bonds. The van der Waals surface area contributed by atoms with E-state index in [0.29, 0.717) is 37.2 Å². The van der Waals surface area contributed by atoms with Crippen LogP contribution in [-0.4, -0.2) is 35.1 Å². The number of allylic oxidation sites excluding steroid dienone is 1. The summed E-state index contributed by atoms with van der Waals surface area (Å²) in [6.45, 7) is 4.24. The molecule has 3 aromatic carbocycles. The average molecular weight is 425 g/mol. The van der Waals surface area contributed by atoms with Gasteiger partial charge in [0.05, 0.1) is 23.8 Å². The van der Waals surface area contributed by atoms with Gasteiger partial charge in [0.2, 0.25) is 0 Å². The van der Waals surface area contributed by atoms with Gasteiger partial charge in [0.1, 0.15) is 5.75 Å². The molecule has 0 radical (unpaired) electrons.